The van der Waals surface area contributed by atoms with Gasteiger partial charge in [0.15, 0.2) is 5.69 Å². The molecule has 15 heteroatoms. The molecule has 58 heavy (non-hydrogen) atoms. The van der Waals surface area contributed by atoms with E-state index in [-0.39, 0.29) is 53.4 Å². The highest BCUT2D eigenvalue weighted by Crippen LogP contribution is 2.53. The number of fused-ring (bicyclic) bond motifs is 1. The number of alkyl carbamates (subject to hydrolysis) is 2. The second kappa shape index (κ2) is 16.4. The first kappa shape index (κ1) is 40.0. The molecule has 2 saturated heterocycles. The molecule has 0 bridgehead atoms. The number of likely N-dealkylation sites (tertiary alicyclic amines) is 2. The molecule has 4 aromatic rings. The van der Waals surface area contributed by atoms with Gasteiger partial charge in [0, 0.05) is 18.2 Å². The first-order valence-electron chi connectivity index (χ1n) is 19.9. The zero-order chi connectivity index (χ0) is 41.4. The maximum atomic E-state index is 13.8. The van der Waals surface area contributed by atoms with Crippen molar-refractivity contribution in [2.24, 2.45) is 23.7 Å². The lowest BCUT2D eigenvalue weighted by Gasteiger charge is -2.31. The number of imidazole rings is 2. The fraction of sp³-hybridized carbons (Fsp3) is 0.465. The van der Waals surface area contributed by atoms with Gasteiger partial charge in [-0.15, -0.1) is 0 Å². The number of amides is 4. The Kier molecular flexibility index (Phi) is 11.3. The fourth-order valence-electron chi connectivity index (χ4n) is 8.47. The van der Waals surface area contributed by atoms with Crippen LogP contribution in [0.3, 0.4) is 0 Å². The summed E-state index contributed by atoms with van der Waals surface area (Å²) in [5.74, 6) is 1.27. The van der Waals surface area contributed by atoms with Crippen molar-refractivity contribution in [1.82, 2.24) is 40.4 Å². The van der Waals surface area contributed by atoms with Crippen LogP contribution in [0.1, 0.15) is 83.3 Å². The molecule has 7 rings (SSSR count). The second-order valence-electron chi connectivity index (χ2n) is 16.4. The van der Waals surface area contributed by atoms with Crippen LogP contribution in [-0.4, -0.2) is 92.6 Å². The Morgan fingerprint density at radius 1 is 0.776 bits per heavy atom. The molecule has 7 atom stereocenters. The Morgan fingerprint density at radius 2 is 1.34 bits per heavy atom. The smallest absolute Gasteiger partial charge is 0.407 e. The summed E-state index contributed by atoms with van der Waals surface area (Å²) >= 11 is 0. The highest BCUT2D eigenvalue weighted by Gasteiger charge is 2.56. The van der Waals surface area contributed by atoms with Crippen LogP contribution >= 0.6 is 0 Å². The number of nitrogens with zero attached hydrogens (tertiary/aromatic N) is 5. The van der Waals surface area contributed by atoms with Crippen molar-refractivity contribution in [3.63, 3.8) is 0 Å². The number of hydrogen-bond acceptors (Lipinski definition) is 9. The van der Waals surface area contributed by atoms with Gasteiger partial charge < -0.3 is 39.9 Å². The second-order valence-corrected chi connectivity index (χ2v) is 16.4. The summed E-state index contributed by atoms with van der Waals surface area (Å²) in [6.07, 6.45) is 2.95. The molecule has 2 aromatic carbocycles. The van der Waals surface area contributed by atoms with E-state index in [1.807, 2.05) is 81.1 Å². The summed E-state index contributed by atoms with van der Waals surface area (Å²) in [6.45, 7) is 10.1. The molecule has 2 aromatic heterocycles. The maximum Gasteiger partial charge on any atom is 0.407 e. The predicted octanol–water partition coefficient (Wildman–Crippen LogP) is 6.34. The summed E-state index contributed by atoms with van der Waals surface area (Å²) in [5, 5.41) is 15.5. The first-order valence-corrected chi connectivity index (χ1v) is 19.9. The van der Waals surface area contributed by atoms with Crippen LogP contribution in [0.25, 0.3) is 33.6 Å². The van der Waals surface area contributed by atoms with Crippen molar-refractivity contribution in [2.75, 3.05) is 20.8 Å². The number of aromatic nitrogens is 4. The molecule has 1 saturated carbocycles. The quantitative estimate of drug-likeness (QED) is 0.134. The van der Waals surface area contributed by atoms with Gasteiger partial charge in [-0.05, 0) is 59.6 Å². The van der Waals surface area contributed by atoms with Crippen LogP contribution in [0.2, 0.25) is 0 Å². The largest absolute Gasteiger partial charge is 0.453 e. The average Bonchev–Trinajstić information content (AvgIpc) is 3.67. The number of nitriles is 1. The van der Waals surface area contributed by atoms with E-state index in [4.69, 9.17) is 14.5 Å². The standard InChI is InChI=1S/C43H51N9O6/c1-22(2)35(49-42(55)57-6)40(53)51-21-24(5)16-33(51)39-46-30(19-44)37(48-39)28-14-10-26(11-15-28)25-8-12-27(13-9-25)31-20-45-38(47-31)34-18-29-17-32(29)52(34)41(54)36(23(3)4)50-43(56)58-7/h8-15,20,22-24,29,32-36H,16-18,21H2,1-7H3,(H,45,47)(H,46,48)(H,49,55)(H,50,56)/t24-,29-,32-,33+,34+,35+,36+/m1/s1. The maximum absolute atomic E-state index is 13.8. The Labute approximate surface area is 337 Å². The molecule has 3 fully saturated rings. The van der Waals surface area contributed by atoms with Gasteiger partial charge in [-0.1, -0.05) is 83.1 Å². The molecular weight excluding hydrogens is 739 g/mol. The van der Waals surface area contributed by atoms with Crippen LogP contribution < -0.4 is 10.6 Å². The van der Waals surface area contributed by atoms with Crippen LogP contribution in [0, 0.1) is 35.0 Å². The molecule has 0 radical (unpaired) electrons. The highest BCUT2D eigenvalue weighted by molar-refractivity contribution is 5.88. The van der Waals surface area contributed by atoms with Gasteiger partial charge in [0.25, 0.3) is 0 Å². The van der Waals surface area contributed by atoms with Crippen molar-refractivity contribution in [1.29, 1.82) is 5.26 Å². The Hall–Kier alpha value is -6.17. The minimum Gasteiger partial charge on any atom is -0.453 e. The van der Waals surface area contributed by atoms with E-state index in [0.717, 1.165) is 46.6 Å². The topological polar surface area (TPSA) is 198 Å². The lowest BCUT2D eigenvalue weighted by Crippen LogP contribution is -2.52. The monoisotopic (exact) mass is 789 g/mol. The Bertz CT molecular complexity index is 2210. The number of carbonyl (C=O) groups is 4. The minimum atomic E-state index is -0.767. The molecule has 4 N–H and O–H groups in total. The van der Waals surface area contributed by atoms with E-state index in [1.165, 1.54) is 14.2 Å². The van der Waals surface area contributed by atoms with E-state index in [2.05, 4.69) is 38.6 Å². The number of aromatic amines is 2. The minimum absolute atomic E-state index is 0.112. The first-order chi connectivity index (χ1) is 27.8. The summed E-state index contributed by atoms with van der Waals surface area (Å²) in [5.41, 5.74) is 5.38. The third-order valence-electron chi connectivity index (χ3n) is 11.7. The molecular formula is C43H51N9O6. The van der Waals surface area contributed by atoms with Crippen LogP contribution in [0.15, 0.2) is 54.7 Å². The normalized spacial score (nSPS) is 22.0. The van der Waals surface area contributed by atoms with Gasteiger partial charge in [0.1, 0.15) is 29.8 Å². The number of ether oxygens (including phenoxy) is 2. The summed E-state index contributed by atoms with van der Waals surface area (Å²) < 4.78 is 9.56. The van der Waals surface area contributed by atoms with Gasteiger partial charge in [-0.25, -0.2) is 19.6 Å². The number of hydrogen-bond donors (Lipinski definition) is 4. The zero-order valence-electron chi connectivity index (χ0n) is 33.9. The predicted molar refractivity (Wildman–Crippen MR) is 214 cm³/mol. The summed E-state index contributed by atoms with van der Waals surface area (Å²) in [7, 11) is 2.56. The van der Waals surface area contributed by atoms with Crippen molar-refractivity contribution in [2.45, 2.75) is 84.1 Å². The molecule has 4 amide bonds. The molecule has 2 aliphatic heterocycles. The lowest BCUT2D eigenvalue weighted by molar-refractivity contribution is -0.137. The molecule has 0 unspecified atom stereocenters. The lowest BCUT2D eigenvalue weighted by atomic mass is 10.0. The van der Waals surface area contributed by atoms with Crippen LogP contribution in [0.4, 0.5) is 9.59 Å². The SMILES string of the molecule is COC(=O)N[C@H](C(=O)N1C[C@H](C)C[C@H]1c1nc(C#N)c(-c2ccc(-c3ccc(-c4cnc([C@@H]5C[C@H]6C[C@H]6N5C(=O)[C@@H](NC(=O)OC)C(C)C)[nH]4)cc3)cc2)[nH]1)C(C)C. The van der Waals surface area contributed by atoms with Gasteiger partial charge in [0.2, 0.25) is 11.8 Å². The van der Waals surface area contributed by atoms with E-state index in [0.29, 0.717) is 30.4 Å². The molecule has 304 valence electrons. The van der Waals surface area contributed by atoms with Crippen molar-refractivity contribution in [3.8, 4) is 39.7 Å². The number of piperidine rings is 1. The Morgan fingerprint density at radius 3 is 1.91 bits per heavy atom. The van der Waals surface area contributed by atoms with Gasteiger partial charge in [0.05, 0.1) is 43.9 Å². The van der Waals surface area contributed by atoms with E-state index < -0.39 is 24.3 Å². The summed E-state index contributed by atoms with van der Waals surface area (Å²) in [6, 6.07) is 16.3. The number of benzene rings is 2. The molecule has 4 heterocycles. The number of rotatable bonds is 11. The van der Waals surface area contributed by atoms with Gasteiger partial charge in [-0.3, -0.25) is 9.59 Å². The van der Waals surface area contributed by atoms with Crippen molar-refractivity contribution >= 4 is 24.0 Å². The van der Waals surface area contributed by atoms with Gasteiger partial charge >= 0.3 is 12.2 Å². The van der Waals surface area contributed by atoms with Crippen molar-refractivity contribution in [3.05, 3.63) is 72.1 Å². The zero-order valence-corrected chi connectivity index (χ0v) is 33.9. The van der Waals surface area contributed by atoms with Crippen molar-refractivity contribution < 1.29 is 28.7 Å². The Balaban J connectivity index is 1.05. The number of nitrogens with one attached hydrogen (secondary N) is 4. The average molecular weight is 790 g/mol. The van der Waals surface area contributed by atoms with E-state index in [1.54, 1.807) is 11.1 Å². The van der Waals surface area contributed by atoms with Crippen LogP contribution in [-0.2, 0) is 19.1 Å². The fourth-order valence-corrected chi connectivity index (χ4v) is 8.47. The highest BCUT2D eigenvalue weighted by atomic mass is 16.5. The third kappa shape index (κ3) is 7.88. The molecule has 3 aliphatic rings. The van der Waals surface area contributed by atoms with Crippen LogP contribution in [0.5, 0.6) is 0 Å². The van der Waals surface area contributed by atoms with E-state index >= 15 is 0 Å². The number of H-pyrrole nitrogens is 2. The van der Waals surface area contributed by atoms with E-state index in [9.17, 15) is 24.4 Å². The molecule has 15 nitrogen and oxygen atoms in total. The number of carbonyl (C=O) groups excluding carboxylic acids is 4. The third-order valence-corrected chi connectivity index (χ3v) is 11.7. The summed E-state index contributed by atoms with van der Waals surface area (Å²) in [4.78, 5) is 71.5. The molecule has 1 aliphatic carbocycles. The number of methoxy groups -OCH3 is 2. The molecule has 0 spiro atoms. The van der Waals surface area contributed by atoms with Gasteiger partial charge in [-0.2, -0.15) is 5.26 Å².